The molecular formula is C11H10ClNO. The van der Waals surface area contributed by atoms with Crippen LogP contribution in [-0.2, 0) is 6.54 Å². The van der Waals surface area contributed by atoms with Crippen molar-refractivity contribution in [3.63, 3.8) is 0 Å². The average molecular weight is 208 g/mol. The molecule has 0 aliphatic heterocycles. The molecule has 0 spiro atoms. The zero-order valence-electron chi connectivity index (χ0n) is 7.83. The number of hydrogen-bond donors (Lipinski definition) is 0. The van der Waals surface area contributed by atoms with Gasteiger partial charge in [0, 0.05) is 6.54 Å². The van der Waals surface area contributed by atoms with E-state index in [4.69, 9.17) is 11.6 Å². The lowest BCUT2D eigenvalue weighted by Crippen LogP contribution is -2.19. The van der Waals surface area contributed by atoms with Crippen LogP contribution in [0.25, 0.3) is 10.9 Å². The lowest BCUT2D eigenvalue weighted by Gasteiger charge is -2.07. The van der Waals surface area contributed by atoms with Crippen LogP contribution in [0.2, 0.25) is 5.02 Å². The molecule has 14 heavy (non-hydrogen) atoms. The Morgan fingerprint density at radius 3 is 2.79 bits per heavy atom. The summed E-state index contributed by atoms with van der Waals surface area (Å²) in [4.78, 5) is 11.6. The summed E-state index contributed by atoms with van der Waals surface area (Å²) < 4.78 is 1.68. The van der Waals surface area contributed by atoms with Gasteiger partial charge in [0.2, 0.25) is 0 Å². The summed E-state index contributed by atoms with van der Waals surface area (Å²) in [6.45, 7) is 2.57. The van der Waals surface area contributed by atoms with Crippen molar-refractivity contribution in [1.29, 1.82) is 0 Å². The van der Waals surface area contributed by atoms with E-state index in [0.717, 1.165) is 10.9 Å². The Bertz CT molecular complexity index is 530. The first kappa shape index (κ1) is 9.28. The van der Waals surface area contributed by atoms with Gasteiger partial charge in [0.05, 0.1) is 5.52 Å². The first-order chi connectivity index (χ1) is 6.74. The Morgan fingerprint density at radius 2 is 2.07 bits per heavy atom. The molecule has 0 radical (unpaired) electrons. The molecule has 2 rings (SSSR count). The lowest BCUT2D eigenvalue weighted by atomic mass is 10.2. The zero-order chi connectivity index (χ0) is 10.1. The van der Waals surface area contributed by atoms with Gasteiger partial charge in [-0.1, -0.05) is 29.8 Å². The van der Waals surface area contributed by atoms with Gasteiger partial charge in [-0.25, -0.2) is 0 Å². The monoisotopic (exact) mass is 207 g/mol. The van der Waals surface area contributed by atoms with E-state index in [9.17, 15) is 4.79 Å². The summed E-state index contributed by atoms with van der Waals surface area (Å²) in [6.07, 6.45) is 0. The van der Waals surface area contributed by atoms with Crippen LogP contribution in [0.15, 0.2) is 35.1 Å². The van der Waals surface area contributed by atoms with Crippen molar-refractivity contribution in [2.45, 2.75) is 13.5 Å². The van der Waals surface area contributed by atoms with E-state index in [2.05, 4.69) is 0 Å². The Labute approximate surface area is 86.7 Å². The van der Waals surface area contributed by atoms with Gasteiger partial charge in [-0.3, -0.25) is 4.79 Å². The summed E-state index contributed by atoms with van der Waals surface area (Å²) in [5, 5.41) is 1.28. The van der Waals surface area contributed by atoms with Gasteiger partial charge in [0.25, 0.3) is 5.56 Å². The molecular weight excluding hydrogens is 198 g/mol. The molecule has 0 aliphatic carbocycles. The number of halogens is 1. The van der Waals surface area contributed by atoms with Crippen LogP contribution in [0.3, 0.4) is 0 Å². The van der Waals surface area contributed by atoms with Crippen LogP contribution in [0.5, 0.6) is 0 Å². The molecule has 1 aromatic heterocycles. The molecule has 72 valence electrons. The number of rotatable bonds is 1. The first-order valence-electron chi connectivity index (χ1n) is 4.52. The highest BCUT2D eigenvalue weighted by Crippen LogP contribution is 2.15. The third-order valence-electron chi connectivity index (χ3n) is 2.28. The number of pyridine rings is 1. The van der Waals surface area contributed by atoms with E-state index in [1.807, 2.05) is 31.2 Å². The number of hydrogen-bond acceptors (Lipinski definition) is 1. The van der Waals surface area contributed by atoms with Gasteiger partial charge in [0.1, 0.15) is 5.02 Å². The number of nitrogens with zero attached hydrogens (tertiary/aromatic N) is 1. The standard InChI is InChI=1S/C11H10ClNO/c1-2-13-10-6-4-3-5-8(10)7-9(12)11(13)14/h3-7H,2H2,1H3. The summed E-state index contributed by atoms with van der Waals surface area (Å²) >= 11 is 5.84. The highest BCUT2D eigenvalue weighted by molar-refractivity contribution is 6.31. The Kier molecular flexibility index (Phi) is 2.30. The van der Waals surface area contributed by atoms with Gasteiger partial charge in [-0.05, 0) is 24.4 Å². The third-order valence-corrected chi connectivity index (χ3v) is 2.55. The fourth-order valence-corrected chi connectivity index (χ4v) is 1.83. The molecule has 1 heterocycles. The van der Waals surface area contributed by atoms with Crippen molar-refractivity contribution in [2.75, 3.05) is 0 Å². The number of aryl methyl sites for hydroxylation is 1. The summed E-state index contributed by atoms with van der Waals surface area (Å²) in [6, 6.07) is 9.44. The van der Waals surface area contributed by atoms with Crippen molar-refractivity contribution >= 4 is 22.5 Å². The maximum Gasteiger partial charge on any atom is 0.269 e. The second kappa shape index (κ2) is 3.46. The molecule has 1 aromatic carbocycles. The van der Waals surface area contributed by atoms with Gasteiger partial charge in [-0.2, -0.15) is 0 Å². The number of aromatic nitrogens is 1. The van der Waals surface area contributed by atoms with Crippen molar-refractivity contribution in [3.8, 4) is 0 Å². The largest absolute Gasteiger partial charge is 0.307 e. The number of para-hydroxylation sites is 1. The smallest absolute Gasteiger partial charge is 0.269 e. The fourth-order valence-electron chi connectivity index (χ4n) is 1.61. The molecule has 0 aliphatic rings. The Morgan fingerprint density at radius 1 is 1.36 bits per heavy atom. The Hall–Kier alpha value is -1.28. The van der Waals surface area contributed by atoms with Gasteiger partial charge >= 0.3 is 0 Å². The molecule has 0 bridgehead atoms. The maximum absolute atomic E-state index is 11.6. The van der Waals surface area contributed by atoms with E-state index in [-0.39, 0.29) is 10.6 Å². The van der Waals surface area contributed by atoms with Gasteiger partial charge in [-0.15, -0.1) is 0 Å². The van der Waals surface area contributed by atoms with Crippen LogP contribution in [0, 0.1) is 0 Å². The minimum Gasteiger partial charge on any atom is -0.307 e. The number of fused-ring (bicyclic) bond motifs is 1. The van der Waals surface area contributed by atoms with Crippen LogP contribution in [-0.4, -0.2) is 4.57 Å². The molecule has 0 saturated carbocycles. The van der Waals surface area contributed by atoms with E-state index in [0.29, 0.717) is 6.54 Å². The minimum atomic E-state index is -0.118. The van der Waals surface area contributed by atoms with Crippen LogP contribution < -0.4 is 5.56 Å². The van der Waals surface area contributed by atoms with Crippen molar-refractivity contribution < 1.29 is 0 Å². The average Bonchev–Trinajstić information content (AvgIpc) is 2.20. The quantitative estimate of drug-likeness (QED) is 0.705. The molecule has 2 aromatic rings. The summed E-state index contributed by atoms with van der Waals surface area (Å²) in [5.41, 5.74) is 0.817. The van der Waals surface area contributed by atoms with E-state index >= 15 is 0 Å². The molecule has 3 heteroatoms. The predicted octanol–water partition coefficient (Wildman–Crippen LogP) is 2.67. The van der Waals surface area contributed by atoms with Crippen LogP contribution >= 0.6 is 11.6 Å². The second-order valence-corrected chi connectivity index (χ2v) is 3.51. The summed E-state index contributed by atoms with van der Waals surface area (Å²) in [5.74, 6) is 0. The van der Waals surface area contributed by atoms with E-state index in [1.165, 1.54) is 0 Å². The maximum atomic E-state index is 11.6. The van der Waals surface area contributed by atoms with E-state index in [1.54, 1.807) is 10.6 Å². The molecule has 0 amide bonds. The molecule has 2 nitrogen and oxygen atoms in total. The van der Waals surface area contributed by atoms with Crippen LogP contribution in [0.4, 0.5) is 0 Å². The topological polar surface area (TPSA) is 22.0 Å². The summed E-state index contributed by atoms with van der Waals surface area (Å²) in [7, 11) is 0. The molecule has 0 unspecified atom stereocenters. The number of benzene rings is 1. The third kappa shape index (κ3) is 1.32. The lowest BCUT2D eigenvalue weighted by molar-refractivity contribution is 0.760. The SMILES string of the molecule is CCn1c(=O)c(Cl)cc2ccccc21. The first-order valence-corrected chi connectivity index (χ1v) is 4.90. The van der Waals surface area contributed by atoms with Gasteiger partial charge in [0.15, 0.2) is 0 Å². The van der Waals surface area contributed by atoms with E-state index < -0.39 is 0 Å². The van der Waals surface area contributed by atoms with Crippen molar-refractivity contribution in [1.82, 2.24) is 4.57 Å². The molecule has 0 N–H and O–H groups in total. The predicted molar refractivity (Wildman–Crippen MR) is 58.9 cm³/mol. The van der Waals surface area contributed by atoms with Gasteiger partial charge < -0.3 is 4.57 Å². The Balaban J connectivity index is 2.96. The zero-order valence-corrected chi connectivity index (χ0v) is 8.58. The highest BCUT2D eigenvalue weighted by Gasteiger charge is 2.04. The fraction of sp³-hybridized carbons (Fsp3) is 0.182. The molecule has 0 saturated heterocycles. The second-order valence-electron chi connectivity index (χ2n) is 3.10. The normalized spacial score (nSPS) is 10.7. The van der Waals surface area contributed by atoms with Crippen molar-refractivity contribution in [3.05, 3.63) is 45.7 Å². The molecule has 0 atom stereocenters. The molecule has 0 fully saturated rings. The van der Waals surface area contributed by atoms with Crippen molar-refractivity contribution in [2.24, 2.45) is 0 Å². The highest BCUT2D eigenvalue weighted by atomic mass is 35.5. The van der Waals surface area contributed by atoms with Crippen LogP contribution in [0.1, 0.15) is 6.92 Å². The minimum absolute atomic E-state index is 0.118.